The first kappa shape index (κ1) is 19.6. The molecule has 0 spiro atoms. The fraction of sp³-hybridized carbons (Fsp3) is 0.278. The molecule has 1 amide bonds. The molecule has 2 aromatic rings. The van der Waals surface area contributed by atoms with E-state index in [1.807, 2.05) is 6.92 Å². The SMILES string of the molecule is CCC(C)C(=O)Nc1cc(S(=O)(=O)Nc2ccccc2OC)ccc1O. The third-order valence-electron chi connectivity index (χ3n) is 3.95. The summed E-state index contributed by atoms with van der Waals surface area (Å²) in [5.41, 5.74) is 0.325. The van der Waals surface area contributed by atoms with Gasteiger partial charge in [0, 0.05) is 5.92 Å². The molecule has 7 nitrogen and oxygen atoms in total. The largest absolute Gasteiger partial charge is 0.506 e. The standard InChI is InChI=1S/C18H22N2O5S/c1-4-12(2)18(22)19-15-11-13(9-10-16(15)21)26(23,24)20-14-7-5-6-8-17(14)25-3/h5-12,20-21H,4H2,1-3H3,(H,19,22). The Kier molecular flexibility index (Phi) is 6.10. The van der Waals surface area contributed by atoms with Crippen LogP contribution >= 0.6 is 0 Å². The van der Waals surface area contributed by atoms with Crippen molar-refractivity contribution in [2.45, 2.75) is 25.2 Å². The van der Waals surface area contributed by atoms with Crippen molar-refractivity contribution in [3.05, 3.63) is 42.5 Å². The third-order valence-corrected chi connectivity index (χ3v) is 5.31. The molecule has 0 fully saturated rings. The van der Waals surface area contributed by atoms with E-state index in [2.05, 4.69) is 10.0 Å². The first-order chi connectivity index (χ1) is 12.3. The maximum atomic E-state index is 12.6. The van der Waals surface area contributed by atoms with Crippen LogP contribution in [0, 0.1) is 5.92 Å². The molecule has 8 heteroatoms. The summed E-state index contributed by atoms with van der Waals surface area (Å²) < 4.78 is 32.9. The van der Waals surface area contributed by atoms with E-state index in [1.165, 1.54) is 25.3 Å². The van der Waals surface area contributed by atoms with Gasteiger partial charge < -0.3 is 15.2 Å². The van der Waals surface area contributed by atoms with E-state index in [4.69, 9.17) is 4.74 Å². The maximum absolute atomic E-state index is 12.6. The number of sulfonamides is 1. The molecule has 2 aromatic carbocycles. The Morgan fingerprint density at radius 2 is 1.88 bits per heavy atom. The summed E-state index contributed by atoms with van der Waals surface area (Å²) in [4.78, 5) is 11.9. The van der Waals surface area contributed by atoms with Crippen molar-refractivity contribution in [2.24, 2.45) is 5.92 Å². The number of carbonyl (C=O) groups is 1. The minimum absolute atomic E-state index is 0.0400. The van der Waals surface area contributed by atoms with Crippen molar-refractivity contribution in [2.75, 3.05) is 17.1 Å². The van der Waals surface area contributed by atoms with Gasteiger partial charge in [0.1, 0.15) is 11.5 Å². The van der Waals surface area contributed by atoms with E-state index in [0.29, 0.717) is 12.2 Å². The van der Waals surface area contributed by atoms with Crippen molar-refractivity contribution in [1.82, 2.24) is 0 Å². The second-order valence-electron chi connectivity index (χ2n) is 5.78. The van der Waals surface area contributed by atoms with Crippen LogP contribution in [0.25, 0.3) is 0 Å². The maximum Gasteiger partial charge on any atom is 0.262 e. The van der Waals surface area contributed by atoms with Crippen molar-refractivity contribution >= 4 is 27.3 Å². The van der Waals surface area contributed by atoms with Gasteiger partial charge in [0.05, 0.1) is 23.4 Å². The first-order valence-electron chi connectivity index (χ1n) is 8.08. The Morgan fingerprint density at radius 1 is 1.19 bits per heavy atom. The number of carbonyl (C=O) groups excluding carboxylic acids is 1. The zero-order valence-electron chi connectivity index (χ0n) is 14.8. The van der Waals surface area contributed by atoms with Gasteiger partial charge in [-0.1, -0.05) is 26.0 Å². The van der Waals surface area contributed by atoms with Crippen LogP contribution in [-0.4, -0.2) is 26.5 Å². The van der Waals surface area contributed by atoms with E-state index < -0.39 is 10.0 Å². The zero-order chi connectivity index (χ0) is 19.3. The fourth-order valence-corrected chi connectivity index (χ4v) is 3.25. The summed E-state index contributed by atoms with van der Waals surface area (Å²) in [5, 5.41) is 12.5. The van der Waals surface area contributed by atoms with Crippen molar-refractivity contribution in [1.29, 1.82) is 0 Å². The molecule has 140 valence electrons. The molecule has 0 heterocycles. The third kappa shape index (κ3) is 4.45. The Hall–Kier alpha value is -2.74. The van der Waals surface area contributed by atoms with E-state index >= 15 is 0 Å². The molecule has 26 heavy (non-hydrogen) atoms. The molecule has 0 aromatic heterocycles. The van der Waals surface area contributed by atoms with E-state index in [9.17, 15) is 18.3 Å². The highest BCUT2D eigenvalue weighted by Gasteiger charge is 2.20. The minimum Gasteiger partial charge on any atom is -0.506 e. The lowest BCUT2D eigenvalue weighted by Crippen LogP contribution is -2.20. The average Bonchev–Trinajstić information content (AvgIpc) is 2.62. The van der Waals surface area contributed by atoms with E-state index in [-0.39, 0.29) is 33.8 Å². The van der Waals surface area contributed by atoms with Gasteiger partial charge in [-0.25, -0.2) is 8.42 Å². The number of nitrogens with one attached hydrogen (secondary N) is 2. The number of phenolic OH excluding ortho intramolecular Hbond substituents is 1. The number of amides is 1. The van der Waals surface area contributed by atoms with Crippen LogP contribution in [0.4, 0.5) is 11.4 Å². The summed E-state index contributed by atoms with van der Waals surface area (Å²) in [5.74, 6) is -0.394. The molecule has 0 radical (unpaired) electrons. The number of hydrogen-bond donors (Lipinski definition) is 3. The van der Waals surface area contributed by atoms with Gasteiger partial charge in [-0.3, -0.25) is 9.52 Å². The molecule has 1 atom stereocenters. The number of ether oxygens (including phenoxy) is 1. The smallest absolute Gasteiger partial charge is 0.262 e. The van der Waals surface area contributed by atoms with Gasteiger partial charge in [-0.2, -0.15) is 0 Å². The topological polar surface area (TPSA) is 105 Å². The minimum atomic E-state index is -3.94. The molecule has 0 aliphatic carbocycles. The summed E-state index contributed by atoms with van der Waals surface area (Å²) in [6.07, 6.45) is 0.625. The number of benzene rings is 2. The van der Waals surface area contributed by atoms with Gasteiger partial charge in [0.15, 0.2) is 0 Å². The van der Waals surface area contributed by atoms with Gasteiger partial charge in [0.2, 0.25) is 5.91 Å². The van der Waals surface area contributed by atoms with Gasteiger partial charge in [0.25, 0.3) is 10.0 Å². The molecule has 0 aliphatic rings. The number of phenols is 1. The number of para-hydroxylation sites is 2. The van der Waals surface area contributed by atoms with E-state index in [0.717, 1.165) is 0 Å². The van der Waals surface area contributed by atoms with Crippen LogP contribution in [0.2, 0.25) is 0 Å². The lowest BCUT2D eigenvalue weighted by Gasteiger charge is -2.14. The summed E-state index contributed by atoms with van der Waals surface area (Å²) in [6.45, 7) is 3.61. The monoisotopic (exact) mass is 378 g/mol. The second kappa shape index (κ2) is 8.09. The van der Waals surface area contributed by atoms with Crippen LogP contribution < -0.4 is 14.8 Å². The van der Waals surface area contributed by atoms with Crippen molar-refractivity contribution in [3.8, 4) is 11.5 Å². The Morgan fingerprint density at radius 3 is 2.54 bits per heavy atom. The quantitative estimate of drug-likeness (QED) is 0.642. The molecule has 0 aliphatic heterocycles. The number of hydrogen-bond acceptors (Lipinski definition) is 5. The lowest BCUT2D eigenvalue weighted by molar-refractivity contribution is -0.119. The van der Waals surface area contributed by atoms with Crippen molar-refractivity contribution < 1.29 is 23.1 Å². The lowest BCUT2D eigenvalue weighted by atomic mass is 10.1. The Labute approximate surface area is 153 Å². The van der Waals surface area contributed by atoms with Gasteiger partial charge in [-0.05, 0) is 36.8 Å². The van der Waals surface area contributed by atoms with Crippen LogP contribution in [0.5, 0.6) is 11.5 Å². The van der Waals surface area contributed by atoms with Gasteiger partial charge >= 0.3 is 0 Å². The van der Waals surface area contributed by atoms with E-state index in [1.54, 1.807) is 31.2 Å². The molecule has 0 saturated heterocycles. The second-order valence-corrected chi connectivity index (χ2v) is 7.47. The number of rotatable bonds is 7. The van der Waals surface area contributed by atoms with Crippen LogP contribution in [-0.2, 0) is 14.8 Å². The molecular formula is C18H22N2O5S. The normalized spacial score (nSPS) is 12.3. The first-order valence-corrected chi connectivity index (χ1v) is 9.56. The zero-order valence-corrected chi connectivity index (χ0v) is 15.6. The fourth-order valence-electron chi connectivity index (χ4n) is 2.16. The molecule has 0 saturated carbocycles. The summed E-state index contributed by atoms with van der Waals surface area (Å²) in [6, 6.07) is 10.3. The molecule has 0 bridgehead atoms. The highest BCUT2D eigenvalue weighted by molar-refractivity contribution is 7.92. The molecule has 3 N–H and O–H groups in total. The molecule has 1 unspecified atom stereocenters. The highest BCUT2D eigenvalue weighted by atomic mass is 32.2. The summed E-state index contributed by atoms with van der Waals surface area (Å²) >= 11 is 0. The molecule has 2 rings (SSSR count). The van der Waals surface area contributed by atoms with Crippen LogP contribution in [0.1, 0.15) is 20.3 Å². The predicted octanol–water partition coefficient (Wildman–Crippen LogP) is 3.19. The Bertz CT molecular complexity index is 896. The van der Waals surface area contributed by atoms with Crippen molar-refractivity contribution in [3.63, 3.8) is 0 Å². The number of anilines is 2. The number of methoxy groups -OCH3 is 1. The van der Waals surface area contributed by atoms with Gasteiger partial charge in [-0.15, -0.1) is 0 Å². The van der Waals surface area contributed by atoms with Crippen LogP contribution in [0.3, 0.4) is 0 Å². The molecular weight excluding hydrogens is 356 g/mol. The summed E-state index contributed by atoms with van der Waals surface area (Å²) in [7, 11) is -2.50. The Balaban J connectivity index is 2.32. The predicted molar refractivity (Wildman–Crippen MR) is 100.0 cm³/mol. The average molecular weight is 378 g/mol. The van der Waals surface area contributed by atoms with Crippen LogP contribution in [0.15, 0.2) is 47.4 Å². The number of aromatic hydroxyl groups is 1. The highest BCUT2D eigenvalue weighted by Crippen LogP contribution is 2.30.